The molecule has 1 atom stereocenters. The average Bonchev–Trinajstić information content (AvgIpc) is 3.17. The Morgan fingerprint density at radius 1 is 1.43 bits per heavy atom. The number of nitrogens with zero attached hydrogens (tertiary/aromatic N) is 3. The van der Waals surface area contributed by atoms with Gasteiger partial charge in [0.25, 0.3) is 5.82 Å². The zero-order valence-electron chi connectivity index (χ0n) is 11.9. The van der Waals surface area contributed by atoms with Crippen molar-refractivity contribution < 1.29 is 9.53 Å². The third-order valence-electron chi connectivity index (χ3n) is 3.31. The third kappa shape index (κ3) is 2.95. The van der Waals surface area contributed by atoms with Gasteiger partial charge in [-0.15, -0.1) is 5.10 Å². The van der Waals surface area contributed by atoms with Gasteiger partial charge in [0.1, 0.15) is 5.82 Å². The van der Waals surface area contributed by atoms with Crippen molar-refractivity contribution in [2.75, 3.05) is 12.4 Å². The van der Waals surface area contributed by atoms with E-state index in [9.17, 15) is 4.79 Å². The van der Waals surface area contributed by atoms with Crippen molar-refractivity contribution in [2.45, 2.75) is 25.0 Å². The van der Waals surface area contributed by atoms with Crippen LogP contribution in [-0.4, -0.2) is 33.1 Å². The van der Waals surface area contributed by atoms with E-state index in [4.69, 9.17) is 4.74 Å². The van der Waals surface area contributed by atoms with Crippen LogP contribution in [-0.2, 0) is 4.74 Å². The van der Waals surface area contributed by atoms with Crippen molar-refractivity contribution in [3.05, 3.63) is 42.0 Å². The van der Waals surface area contributed by atoms with Gasteiger partial charge in [-0.25, -0.2) is 14.5 Å². The molecule has 2 aromatic rings. The highest BCUT2D eigenvalue weighted by atomic mass is 32.2. The van der Waals surface area contributed by atoms with Crippen LogP contribution in [0.4, 0.5) is 0 Å². The molecule has 6 heteroatoms. The number of hydrogen-bond donors (Lipinski definition) is 0. The number of thioether (sulfide) groups is 1. The first-order valence-electron chi connectivity index (χ1n) is 7.10. The number of esters is 1. The molecule has 1 aliphatic rings. The lowest BCUT2D eigenvalue weighted by Crippen LogP contribution is -2.07. The smallest absolute Gasteiger partial charge is 0.378 e. The van der Waals surface area contributed by atoms with Crippen molar-refractivity contribution in [2.24, 2.45) is 0 Å². The minimum atomic E-state index is -0.462. The molecule has 1 aliphatic heterocycles. The molecule has 1 fully saturated rings. The summed E-state index contributed by atoms with van der Waals surface area (Å²) in [5.41, 5.74) is 0.919. The van der Waals surface area contributed by atoms with Crippen LogP contribution in [0.5, 0.6) is 0 Å². The summed E-state index contributed by atoms with van der Waals surface area (Å²) in [5, 5.41) is 4.65. The van der Waals surface area contributed by atoms with Crippen LogP contribution in [0.1, 0.15) is 41.5 Å². The molecule has 0 amide bonds. The summed E-state index contributed by atoms with van der Waals surface area (Å²) in [5.74, 6) is 1.65. The number of ether oxygens (including phenoxy) is 1. The molecule has 2 heterocycles. The summed E-state index contributed by atoms with van der Waals surface area (Å²) < 4.78 is 6.78. The molecular weight excluding hydrogens is 286 g/mol. The van der Waals surface area contributed by atoms with E-state index < -0.39 is 5.97 Å². The molecule has 0 saturated carbocycles. The third-order valence-corrected chi connectivity index (χ3v) is 4.68. The van der Waals surface area contributed by atoms with E-state index in [1.54, 1.807) is 11.6 Å². The Balaban J connectivity index is 2.01. The Kier molecular flexibility index (Phi) is 4.24. The molecule has 1 unspecified atom stereocenters. The number of aromatic nitrogens is 3. The maximum Gasteiger partial charge on any atom is 0.378 e. The van der Waals surface area contributed by atoms with Crippen LogP contribution in [0.3, 0.4) is 0 Å². The molecule has 1 aromatic carbocycles. The van der Waals surface area contributed by atoms with E-state index in [0.29, 0.717) is 11.9 Å². The first-order chi connectivity index (χ1) is 10.3. The Hall–Kier alpha value is -1.82. The van der Waals surface area contributed by atoms with Crippen LogP contribution in [0.2, 0.25) is 0 Å². The second kappa shape index (κ2) is 6.30. The van der Waals surface area contributed by atoms with Gasteiger partial charge in [0.2, 0.25) is 0 Å². The summed E-state index contributed by atoms with van der Waals surface area (Å²) in [6.45, 7) is 2.10. The van der Waals surface area contributed by atoms with Crippen molar-refractivity contribution >= 4 is 17.7 Å². The zero-order valence-corrected chi connectivity index (χ0v) is 12.7. The highest BCUT2D eigenvalue weighted by molar-refractivity contribution is 7.99. The molecule has 1 aromatic heterocycles. The summed E-state index contributed by atoms with van der Waals surface area (Å²) in [4.78, 5) is 16.3. The van der Waals surface area contributed by atoms with Crippen LogP contribution in [0.15, 0.2) is 30.3 Å². The Morgan fingerprint density at radius 3 is 2.90 bits per heavy atom. The summed E-state index contributed by atoms with van der Waals surface area (Å²) in [6, 6.07) is 9.79. The van der Waals surface area contributed by atoms with Crippen molar-refractivity contribution in [1.29, 1.82) is 0 Å². The summed E-state index contributed by atoms with van der Waals surface area (Å²) >= 11 is 1.87. The molecular formula is C15H17N3O2S. The zero-order chi connectivity index (χ0) is 14.7. The van der Waals surface area contributed by atoms with Gasteiger partial charge >= 0.3 is 5.97 Å². The lowest BCUT2D eigenvalue weighted by Gasteiger charge is -2.09. The van der Waals surface area contributed by atoms with Crippen LogP contribution < -0.4 is 0 Å². The number of rotatable bonds is 4. The largest absolute Gasteiger partial charge is 0.460 e. The lowest BCUT2D eigenvalue weighted by molar-refractivity contribution is 0.0512. The number of hydrogen-bond acceptors (Lipinski definition) is 5. The Bertz CT molecular complexity index is 621. The van der Waals surface area contributed by atoms with Gasteiger partial charge in [0.05, 0.1) is 17.5 Å². The number of para-hydroxylation sites is 1. The van der Waals surface area contributed by atoms with E-state index in [0.717, 1.165) is 23.7 Å². The highest BCUT2D eigenvalue weighted by Gasteiger charge is 2.27. The van der Waals surface area contributed by atoms with E-state index in [2.05, 4.69) is 10.1 Å². The molecule has 0 bridgehead atoms. The molecule has 0 N–H and O–H groups in total. The molecule has 0 radical (unpaired) electrons. The fraction of sp³-hybridized carbons (Fsp3) is 0.400. The summed E-state index contributed by atoms with van der Waals surface area (Å²) in [7, 11) is 0. The van der Waals surface area contributed by atoms with E-state index in [1.165, 1.54) is 6.42 Å². The number of carbonyl (C=O) groups excluding carboxylic acids is 1. The van der Waals surface area contributed by atoms with Crippen LogP contribution in [0.25, 0.3) is 5.69 Å². The maximum atomic E-state index is 11.9. The number of carbonyl (C=O) groups is 1. The topological polar surface area (TPSA) is 57.0 Å². The van der Waals surface area contributed by atoms with Gasteiger partial charge in [-0.1, -0.05) is 18.2 Å². The van der Waals surface area contributed by atoms with Crippen LogP contribution >= 0.6 is 11.8 Å². The standard InChI is InChI=1S/C15H17N3O2S/c1-2-20-15(19)13-16-14(12-9-6-10-21-12)18(17-13)11-7-4-3-5-8-11/h3-5,7-8,12H,2,6,9-10H2,1H3. The van der Waals surface area contributed by atoms with E-state index >= 15 is 0 Å². The lowest BCUT2D eigenvalue weighted by atomic mass is 10.2. The second-order valence-corrected chi connectivity index (χ2v) is 6.07. The molecule has 21 heavy (non-hydrogen) atoms. The summed E-state index contributed by atoms with van der Waals surface area (Å²) in [6.07, 6.45) is 2.24. The second-order valence-electron chi connectivity index (χ2n) is 4.76. The van der Waals surface area contributed by atoms with E-state index in [-0.39, 0.29) is 5.82 Å². The normalized spacial score (nSPS) is 17.9. The van der Waals surface area contributed by atoms with Gasteiger partial charge in [-0.3, -0.25) is 0 Å². The SMILES string of the molecule is CCOC(=O)c1nc(C2CCCS2)n(-c2ccccc2)n1. The molecule has 110 valence electrons. The van der Waals surface area contributed by atoms with E-state index in [1.807, 2.05) is 42.1 Å². The molecule has 0 aliphatic carbocycles. The molecule has 1 saturated heterocycles. The highest BCUT2D eigenvalue weighted by Crippen LogP contribution is 2.39. The minimum Gasteiger partial charge on any atom is -0.460 e. The minimum absolute atomic E-state index is 0.142. The Labute approximate surface area is 127 Å². The fourth-order valence-electron chi connectivity index (χ4n) is 2.36. The molecule has 0 spiro atoms. The average molecular weight is 303 g/mol. The molecule has 3 rings (SSSR count). The van der Waals surface area contributed by atoms with Gasteiger partial charge in [-0.2, -0.15) is 11.8 Å². The van der Waals surface area contributed by atoms with Gasteiger partial charge in [-0.05, 0) is 37.7 Å². The fourth-order valence-corrected chi connectivity index (χ4v) is 3.61. The monoisotopic (exact) mass is 303 g/mol. The predicted octanol–water partition coefficient (Wildman–Crippen LogP) is 3.01. The van der Waals surface area contributed by atoms with Crippen LogP contribution in [0, 0.1) is 0 Å². The van der Waals surface area contributed by atoms with Gasteiger partial charge < -0.3 is 4.74 Å². The number of benzene rings is 1. The van der Waals surface area contributed by atoms with Gasteiger partial charge in [0.15, 0.2) is 0 Å². The first-order valence-corrected chi connectivity index (χ1v) is 8.15. The van der Waals surface area contributed by atoms with Crippen molar-refractivity contribution in [1.82, 2.24) is 14.8 Å². The maximum absolute atomic E-state index is 11.9. The Morgan fingerprint density at radius 2 is 2.24 bits per heavy atom. The van der Waals surface area contributed by atoms with Crippen molar-refractivity contribution in [3.8, 4) is 5.69 Å². The molecule has 5 nitrogen and oxygen atoms in total. The predicted molar refractivity (Wildman–Crippen MR) is 81.7 cm³/mol. The quantitative estimate of drug-likeness (QED) is 0.813. The van der Waals surface area contributed by atoms with Gasteiger partial charge in [0, 0.05) is 0 Å². The first kappa shape index (κ1) is 14.1. The van der Waals surface area contributed by atoms with Crippen molar-refractivity contribution in [3.63, 3.8) is 0 Å².